The second kappa shape index (κ2) is 6.64. The number of pyridine rings is 1. The molecule has 0 aliphatic carbocycles. The first kappa shape index (κ1) is 11.3. The van der Waals surface area contributed by atoms with Gasteiger partial charge in [-0.15, -0.1) is 0 Å². The van der Waals surface area contributed by atoms with Crippen molar-refractivity contribution in [1.82, 2.24) is 4.98 Å². The second-order valence-corrected chi connectivity index (χ2v) is 3.81. The van der Waals surface area contributed by atoms with Crippen molar-refractivity contribution >= 4 is 17.6 Å². The van der Waals surface area contributed by atoms with Crippen molar-refractivity contribution in [1.29, 1.82) is 0 Å². The van der Waals surface area contributed by atoms with E-state index in [9.17, 15) is 0 Å². The maximum absolute atomic E-state index is 5.33. The molecule has 0 saturated heterocycles. The van der Waals surface area contributed by atoms with Crippen molar-refractivity contribution in [2.24, 2.45) is 5.84 Å². The molecule has 0 bridgehead atoms. The summed E-state index contributed by atoms with van der Waals surface area (Å²) in [5.41, 5.74) is 3.70. The van der Waals surface area contributed by atoms with Gasteiger partial charge in [-0.3, -0.25) is 0 Å². The fourth-order valence-electron chi connectivity index (χ4n) is 1.01. The molecule has 0 fully saturated rings. The molecule has 0 aromatic carbocycles. The molecular weight excluding hydrogens is 198 g/mol. The third kappa shape index (κ3) is 3.53. The molecule has 1 rings (SSSR count). The summed E-state index contributed by atoms with van der Waals surface area (Å²) in [5, 5.41) is 0. The summed E-state index contributed by atoms with van der Waals surface area (Å²) >= 11 is 1.80. The van der Waals surface area contributed by atoms with Gasteiger partial charge >= 0.3 is 0 Å². The molecule has 0 aliphatic rings. The highest BCUT2D eigenvalue weighted by Crippen LogP contribution is 2.17. The Bertz CT molecular complexity index is 270. The van der Waals surface area contributed by atoms with Crippen molar-refractivity contribution in [3.63, 3.8) is 0 Å². The SMILES string of the molecule is COCCSCc1cccnc1NN. The van der Waals surface area contributed by atoms with E-state index in [1.165, 1.54) is 0 Å². The van der Waals surface area contributed by atoms with Gasteiger partial charge in [-0.05, 0) is 6.07 Å². The number of rotatable bonds is 6. The number of thioether (sulfide) groups is 1. The minimum atomic E-state index is 0.748. The van der Waals surface area contributed by atoms with E-state index in [1.807, 2.05) is 12.1 Å². The molecule has 1 aromatic heterocycles. The Labute approximate surface area is 88.2 Å². The van der Waals surface area contributed by atoms with E-state index in [1.54, 1.807) is 25.1 Å². The van der Waals surface area contributed by atoms with E-state index in [4.69, 9.17) is 10.6 Å². The maximum Gasteiger partial charge on any atom is 0.143 e. The second-order valence-electron chi connectivity index (χ2n) is 2.70. The Kier molecular flexibility index (Phi) is 5.36. The highest BCUT2D eigenvalue weighted by Gasteiger charge is 2.00. The zero-order chi connectivity index (χ0) is 10.2. The van der Waals surface area contributed by atoms with Crippen LogP contribution in [0, 0.1) is 0 Å². The zero-order valence-corrected chi connectivity index (χ0v) is 9.01. The number of aromatic nitrogens is 1. The monoisotopic (exact) mass is 213 g/mol. The van der Waals surface area contributed by atoms with Crippen LogP contribution in [-0.2, 0) is 10.5 Å². The summed E-state index contributed by atoms with van der Waals surface area (Å²) in [5.74, 6) is 7.96. The topological polar surface area (TPSA) is 60.2 Å². The van der Waals surface area contributed by atoms with Crippen LogP contribution in [0.25, 0.3) is 0 Å². The molecule has 1 aromatic rings. The van der Waals surface area contributed by atoms with Gasteiger partial charge in [0.25, 0.3) is 0 Å². The summed E-state index contributed by atoms with van der Waals surface area (Å²) in [6.45, 7) is 0.774. The highest BCUT2D eigenvalue weighted by atomic mass is 32.2. The molecule has 0 spiro atoms. The normalized spacial score (nSPS) is 10.1. The number of ether oxygens (including phenoxy) is 1. The highest BCUT2D eigenvalue weighted by molar-refractivity contribution is 7.98. The van der Waals surface area contributed by atoms with Crippen molar-refractivity contribution in [2.45, 2.75) is 5.75 Å². The molecule has 0 atom stereocenters. The molecule has 5 heteroatoms. The molecule has 0 amide bonds. The van der Waals surface area contributed by atoms with Crippen molar-refractivity contribution in [3.05, 3.63) is 23.9 Å². The van der Waals surface area contributed by atoms with Gasteiger partial charge in [-0.25, -0.2) is 10.8 Å². The van der Waals surface area contributed by atoms with Crippen molar-refractivity contribution in [3.8, 4) is 0 Å². The predicted molar refractivity (Wildman–Crippen MR) is 60.1 cm³/mol. The van der Waals surface area contributed by atoms with Crippen LogP contribution in [0.5, 0.6) is 0 Å². The maximum atomic E-state index is 5.33. The van der Waals surface area contributed by atoms with E-state index < -0.39 is 0 Å². The van der Waals surface area contributed by atoms with E-state index in [2.05, 4.69) is 10.4 Å². The number of methoxy groups -OCH3 is 1. The summed E-state index contributed by atoms with van der Waals surface area (Å²) in [7, 11) is 1.71. The fraction of sp³-hybridized carbons (Fsp3) is 0.444. The summed E-state index contributed by atoms with van der Waals surface area (Å²) in [4.78, 5) is 4.12. The van der Waals surface area contributed by atoms with E-state index in [0.717, 1.165) is 29.5 Å². The largest absolute Gasteiger partial charge is 0.384 e. The average molecular weight is 213 g/mol. The number of hydrogen-bond acceptors (Lipinski definition) is 5. The molecule has 78 valence electrons. The van der Waals surface area contributed by atoms with Gasteiger partial charge < -0.3 is 10.2 Å². The standard InChI is InChI=1S/C9H15N3OS/c1-13-5-6-14-7-8-3-2-4-11-9(8)12-10/h2-4H,5-7,10H2,1H3,(H,11,12). The summed E-state index contributed by atoms with van der Waals surface area (Å²) in [6, 6.07) is 3.93. The number of anilines is 1. The lowest BCUT2D eigenvalue weighted by Crippen LogP contribution is -2.10. The molecular formula is C9H15N3OS. The predicted octanol–water partition coefficient (Wildman–Crippen LogP) is 1.25. The first-order valence-corrected chi connectivity index (χ1v) is 5.51. The van der Waals surface area contributed by atoms with Crippen molar-refractivity contribution < 1.29 is 4.74 Å². The lowest BCUT2D eigenvalue weighted by atomic mass is 10.3. The first-order valence-electron chi connectivity index (χ1n) is 4.35. The summed E-state index contributed by atoms with van der Waals surface area (Å²) < 4.78 is 4.96. The van der Waals surface area contributed by atoms with Crippen LogP contribution >= 0.6 is 11.8 Å². The van der Waals surface area contributed by atoms with Gasteiger partial charge in [-0.2, -0.15) is 11.8 Å². The fourth-order valence-corrected chi connectivity index (χ4v) is 1.89. The number of nitrogens with zero attached hydrogens (tertiary/aromatic N) is 1. The van der Waals surface area contributed by atoms with Gasteiger partial charge in [0.2, 0.25) is 0 Å². The van der Waals surface area contributed by atoms with Gasteiger partial charge in [0.05, 0.1) is 6.61 Å². The first-order chi connectivity index (χ1) is 6.88. The molecule has 0 radical (unpaired) electrons. The van der Waals surface area contributed by atoms with Crippen LogP contribution in [0.15, 0.2) is 18.3 Å². The van der Waals surface area contributed by atoms with Crippen LogP contribution in [0.3, 0.4) is 0 Å². The number of nitrogen functional groups attached to an aromatic ring is 1. The number of nitrogens with one attached hydrogen (secondary N) is 1. The van der Waals surface area contributed by atoms with E-state index in [-0.39, 0.29) is 0 Å². The Morgan fingerprint density at radius 3 is 3.21 bits per heavy atom. The Morgan fingerprint density at radius 1 is 1.64 bits per heavy atom. The molecule has 3 N–H and O–H groups in total. The minimum Gasteiger partial charge on any atom is -0.384 e. The quantitative estimate of drug-likeness (QED) is 0.423. The van der Waals surface area contributed by atoms with Crippen LogP contribution < -0.4 is 11.3 Å². The average Bonchev–Trinajstić information content (AvgIpc) is 2.25. The minimum absolute atomic E-state index is 0.748. The van der Waals surface area contributed by atoms with Crippen LogP contribution in [0.4, 0.5) is 5.82 Å². The Hall–Kier alpha value is -0.780. The molecule has 4 nitrogen and oxygen atoms in total. The zero-order valence-electron chi connectivity index (χ0n) is 8.19. The molecule has 14 heavy (non-hydrogen) atoms. The lowest BCUT2D eigenvalue weighted by molar-refractivity contribution is 0.218. The molecule has 0 aliphatic heterocycles. The number of hydrogen-bond donors (Lipinski definition) is 2. The molecule has 0 saturated carbocycles. The Morgan fingerprint density at radius 2 is 2.50 bits per heavy atom. The Balaban J connectivity index is 2.41. The number of nitrogens with two attached hydrogens (primary N) is 1. The third-order valence-corrected chi connectivity index (χ3v) is 2.69. The van der Waals surface area contributed by atoms with Crippen LogP contribution in [0.2, 0.25) is 0 Å². The lowest BCUT2D eigenvalue weighted by Gasteiger charge is -2.06. The smallest absolute Gasteiger partial charge is 0.143 e. The molecule has 0 unspecified atom stereocenters. The van der Waals surface area contributed by atoms with Crippen LogP contribution in [0.1, 0.15) is 5.56 Å². The van der Waals surface area contributed by atoms with E-state index >= 15 is 0 Å². The van der Waals surface area contributed by atoms with Crippen LogP contribution in [-0.4, -0.2) is 24.5 Å². The van der Waals surface area contributed by atoms with Gasteiger partial charge in [0.1, 0.15) is 5.82 Å². The van der Waals surface area contributed by atoms with Gasteiger partial charge in [-0.1, -0.05) is 6.07 Å². The van der Waals surface area contributed by atoms with Crippen molar-refractivity contribution in [2.75, 3.05) is 24.9 Å². The third-order valence-electron chi connectivity index (χ3n) is 1.72. The van der Waals surface area contributed by atoms with Gasteiger partial charge in [0, 0.05) is 30.4 Å². The number of hydrazine groups is 1. The van der Waals surface area contributed by atoms with Gasteiger partial charge in [0.15, 0.2) is 0 Å². The summed E-state index contributed by atoms with van der Waals surface area (Å²) in [6.07, 6.45) is 1.72. The van der Waals surface area contributed by atoms with E-state index in [0.29, 0.717) is 0 Å². The molecule has 1 heterocycles.